The third-order valence-electron chi connectivity index (χ3n) is 3.46. The Labute approximate surface area is 115 Å². The number of hydrogen-bond acceptors (Lipinski definition) is 4. The fourth-order valence-corrected chi connectivity index (χ4v) is 2.37. The van der Waals surface area contributed by atoms with Crippen molar-refractivity contribution in [2.24, 2.45) is 0 Å². The SMILES string of the molecule is CCc1ccccc1OCC(O)CN1CCNCC1. The van der Waals surface area contributed by atoms with E-state index in [1.165, 1.54) is 5.56 Å². The van der Waals surface area contributed by atoms with Crippen molar-refractivity contribution in [2.75, 3.05) is 39.3 Å². The van der Waals surface area contributed by atoms with E-state index in [-0.39, 0.29) is 0 Å². The molecular weight excluding hydrogens is 240 g/mol. The Morgan fingerprint density at radius 1 is 1.32 bits per heavy atom. The van der Waals surface area contributed by atoms with Crippen molar-refractivity contribution in [3.63, 3.8) is 0 Å². The van der Waals surface area contributed by atoms with E-state index in [0.29, 0.717) is 13.2 Å². The minimum absolute atomic E-state index is 0.362. The minimum Gasteiger partial charge on any atom is -0.491 e. The highest BCUT2D eigenvalue weighted by atomic mass is 16.5. The number of rotatable bonds is 6. The second-order valence-electron chi connectivity index (χ2n) is 4.98. The Hall–Kier alpha value is -1.10. The summed E-state index contributed by atoms with van der Waals surface area (Å²) in [6.45, 7) is 7.18. The summed E-state index contributed by atoms with van der Waals surface area (Å²) in [5.74, 6) is 0.893. The second-order valence-corrected chi connectivity index (χ2v) is 4.98. The van der Waals surface area contributed by atoms with Crippen molar-refractivity contribution < 1.29 is 9.84 Å². The Kier molecular flexibility index (Phi) is 5.63. The molecule has 0 spiro atoms. The van der Waals surface area contributed by atoms with Gasteiger partial charge < -0.3 is 15.2 Å². The fraction of sp³-hybridized carbons (Fsp3) is 0.600. The van der Waals surface area contributed by atoms with Crippen LogP contribution >= 0.6 is 0 Å². The van der Waals surface area contributed by atoms with Crippen molar-refractivity contribution in [1.82, 2.24) is 10.2 Å². The largest absolute Gasteiger partial charge is 0.491 e. The van der Waals surface area contributed by atoms with Crippen LogP contribution in [0.1, 0.15) is 12.5 Å². The predicted molar refractivity (Wildman–Crippen MR) is 76.6 cm³/mol. The van der Waals surface area contributed by atoms with Crippen LogP contribution in [0.3, 0.4) is 0 Å². The van der Waals surface area contributed by atoms with Gasteiger partial charge in [0.2, 0.25) is 0 Å². The zero-order valence-electron chi connectivity index (χ0n) is 11.6. The van der Waals surface area contributed by atoms with Crippen molar-refractivity contribution in [3.05, 3.63) is 29.8 Å². The van der Waals surface area contributed by atoms with Gasteiger partial charge in [0.15, 0.2) is 0 Å². The van der Waals surface area contributed by atoms with E-state index in [2.05, 4.69) is 23.2 Å². The summed E-state index contributed by atoms with van der Waals surface area (Å²) in [5, 5.41) is 13.3. The van der Waals surface area contributed by atoms with Crippen LogP contribution in [-0.4, -0.2) is 55.4 Å². The molecule has 0 amide bonds. The van der Waals surface area contributed by atoms with Gasteiger partial charge in [0.1, 0.15) is 18.5 Å². The first-order valence-corrected chi connectivity index (χ1v) is 7.11. The monoisotopic (exact) mass is 264 g/mol. The lowest BCUT2D eigenvalue weighted by atomic mass is 10.1. The highest BCUT2D eigenvalue weighted by molar-refractivity contribution is 5.33. The van der Waals surface area contributed by atoms with Gasteiger partial charge in [-0.05, 0) is 18.1 Å². The van der Waals surface area contributed by atoms with E-state index in [1.54, 1.807) is 0 Å². The summed E-state index contributed by atoms with van der Waals surface area (Å²) < 4.78 is 5.74. The van der Waals surface area contributed by atoms with Gasteiger partial charge in [-0.25, -0.2) is 0 Å². The number of para-hydroxylation sites is 1. The van der Waals surface area contributed by atoms with Crippen LogP contribution < -0.4 is 10.1 Å². The van der Waals surface area contributed by atoms with E-state index in [0.717, 1.165) is 38.3 Å². The molecule has 4 heteroatoms. The minimum atomic E-state index is -0.428. The molecule has 4 nitrogen and oxygen atoms in total. The maximum absolute atomic E-state index is 10.0. The molecule has 2 N–H and O–H groups in total. The van der Waals surface area contributed by atoms with Gasteiger partial charge in [-0.2, -0.15) is 0 Å². The number of aliphatic hydroxyl groups excluding tert-OH is 1. The number of hydrogen-bond donors (Lipinski definition) is 2. The molecule has 0 radical (unpaired) electrons. The Bertz CT molecular complexity index is 378. The third kappa shape index (κ3) is 4.49. The first kappa shape index (κ1) is 14.3. The van der Waals surface area contributed by atoms with Gasteiger partial charge in [0, 0.05) is 32.7 Å². The van der Waals surface area contributed by atoms with Crippen LogP contribution in [0.5, 0.6) is 5.75 Å². The van der Waals surface area contributed by atoms with Crippen LogP contribution in [0.15, 0.2) is 24.3 Å². The third-order valence-corrected chi connectivity index (χ3v) is 3.46. The van der Waals surface area contributed by atoms with E-state index in [9.17, 15) is 5.11 Å². The van der Waals surface area contributed by atoms with Crippen molar-refractivity contribution in [1.29, 1.82) is 0 Å². The average Bonchev–Trinajstić information content (AvgIpc) is 2.46. The Morgan fingerprint density at radius 3 is 2.79 bits per heavy atom. The molecule has 1 aliphatic rings. The average molecular weight is 264 g/mol. The lowest BCUT2D eigenvalue weighted by Gasteiger charge is -2.29. The van der Waals surface area contributed by atoms with Crippen molar-refractivity contribution in [2.45, 2.75) is 19.4 Å². The molecular formula is C15H24N2O2. The smallest absolute Gasteiger partial charge is 0.122 e. The second kappa shape index (κ2) is 7.48. The molecule has 1 atom stereocenters. The maximum Gasteiger partial charge on any atom is 0.122 e. The maximum atomic E-state index is 10.0. The van der Waals surface area contributed by atoms with Crippen LogP contribution in [-0.2, 0) is 6.42 Å². The predicted octanol–water partition coefficient (Wildman–Crippen LogP) is 0.894. The molecule has 1 unspecified atom stereocenters. The molecule has 1 aromatic rings. The molecule has 0 bridgehead atoms. The first-order valence-electron chi connectivity index (χ1n) is 7.11. The fourth-order valence-electron chi connectivity index (χ4n) is 2.37. The summed E-state index contributed by atoms with van der Waals surface area (Å²) in [5.41, 5.74) is 1.19. The summed E-state index contributed by atoms with van der Waals surface area (Å²) in [4.78, 5) is 2.27. The number of nitrogens with zero attached hydrogens (tertiary/aromatic N) is 1. The van der Waals surface area contributed by atoms with Crippen molar-refractivity contribution >= 4 is 0 Å². The Morgan fingerprint density at radius 2 is 2.05 bits per heavy atom. The van der Waals surface area contributed by atoms with Gasteiger partial charge in [-0.15, -0.1) is 0 Å². The Balaban J connectivity index is 1.77. The van der Waals surface area contributed by atoms with Gasteiger partial charge in [-0.1, -0.05) is 25.1 Å². The summed E-state index contributed by atoms with van der Waals surface area (Å²) in [6, 6.07) is 8.02. The molecule has 2 rings (SSSR count). The highest BCUT2D eigenvalue weighted by Gasteiger charge is 2.15. The lowest BCUT2D eigenvalue weighted by molar-refractivity contribution is 0.0638. The molecule has 1 fully saturated rings. The molecule has 1 aromatic carbocycles. The zero-order chi connectivity index (χ0) is 13.5. The normalized spacial score (nSPS) is 18.2. The number of benzene rings is 1. The van der Waals surface area contributed by atoms with Crippen LogP contribution in [0, 0.1) is 0 Å². The summed E-state index contributed by atoms with van der Waals surface area (Å²) in [7, 11) is 0. The molecule has 0 saturated carbocycles. The van der Waals surface area contributed by atoms with Crippen LogP contribution in [0.25, 0.3) is 0 Å². The molecule has 1 aliphatic heterocycles. The molecule has 1 saturated heterocycles. The topological polar surface area (TPSA) is 44.7 Å². The van der Waals surface area contributed by atoms with Gasteiger partial charge in [0.05, 0.1) is 0 Å². The molecule has 1 heterocycles. The highest BCUT2D eigenvalue weighted by Crippen LogP contribution is 2.18. The number of ether oxygens (including phenoxy) is 1. The van der Waals surface area contributed by atoms with Crippen molar-refractivity contribution in [3.8, 4) is 5.75 Å². The number of aryl methyl sites for hydroxylation is 1. The van der Waals surface area contributed by atoms with E-state index in [4.69, 9.17) is 4.74 Å². The van der Waals surface area contributed by atoms with E-state index >= 15 is 0 Å². The molecule has 0 aliphatic carbocycles. The molecule has 19 heavy (non-hydrogen) atoms. The van der Waals surface area contributed by atoms with E-state index < -0.39 is 6.10 Å². The molecule has 106 valence electrons. The number of β-amino-alcohol motifs (C(OH)–C–C–N with tert-alkyl or cyclic N) is 1. The molecule has 0 aromatic heterocycles. The number of piperazine rings is 1. The number of aliphatic hydroxyl groups is 1. The number of nitrogens with one attached hydrogen (secondary N) is 1. The van der Waals surface area contributed by atoms with Gasteiger partial charge >= 0.3 is 0 Å². The first-order chi connectivity index (χ1) is 9.29. The van der Waals surface area contributed by atoms with Crippen LogP contribution in [0.2, 0.25) is 0 Å². The summed E-state index contributed by atoms with van der Waals surface area (Å²) >= 11 is 0. The van der Waals surface area contributed by atoms with Gasteiger partial charge in [-0.3, -0.25) is 4.90 Å². The van der Waals surface area contributed by atoms with Gasteiger partial charge in [0.25, 0.3) is 0 Å². The lowest BCUT2D eigenvalue weighted by Crippen LogP contribution is -2.47. The standard InChI is InChI=1S/C15H24N2O2/c1-2-13-5-3-4-6-15(13)19-12-14(18)11-17-9-7-16-8-10-17/h3-6,14,16,18H,2,7-12H2,1H3. The van der Waals surface area contributed by atoms with E-state index in [1.807, 2.05) is 18.2 Å². The summed E-state index contributed by atoms with van der Waals surface area (Å²) in [6.07, 6.45) is 0.521. The zero-order valence-corrected chi connectivity index (χ0v) is 11.6. The van der Waals surface area contributed by atoms with Crippen LogP contribution in [0.4, 0.5) is 0 Å². The quantitative estimate of drug-likeness (QED) is 0.801.